The van der Waals surface area contributed by atoms with Gasteiger partial charge in [-0.2, -0.15) is 0 Å². The fourth-order valence-corrected chi connectivity index (χ4v) is 16.9. The van der Waals surface area contributed by atoms with Crippen molar-refractivity contribution in [2.24, 2.45) is 17.2 Å². The van der Waals surface area contributed by atoms with E-state index in [0.717, 1.165) is 49.2 Å². The highest BCUT2D eigenvalue weighted by Crippen LogP contribution is 2.25. The van der Waals surface area contributed by atoms with Crippen LogP contribution in [-0.2, 0) is 121 Å². The Bertz CT molecular complexity index is 5080. The number of primary amides is 2. The van der Waals surface area contributed by atoms with E-state index in [1.54, 1.807) is 67.7 Å². The summed E-state index contributed by atoms with van der Waals surface area (Å²) >= 11 is 0. The number of ketones is 1. The number of Topliss-reactive ketones (excluding diaryl/α,β-unsaturated/α-hetero) is 1. The molecule has 3 aromatic carbocycles. The van der Waals surface area contributed by atoms with Gasteiger partial charge >= 0.3 is 11.9 Å². The topological polar surface area (TPSA) is 762 Å². The van der Waals surface area contributed by atoms with E-state index in [0.29, 0.717) is 39.8 Å². The summed E-state index contributed by atoms with van der Waals surface area (Å²) in [5.41, 5.74) is 19.0. The van der Waals surface area contributed by atoms with Crippen molar-refractivity contribution in [2.45, 2.75) is 291 Å². The number of para-hydroxylation sites is 1. The SMILES string of the molecule is CCCC[C@H](NC(=O)[C@H](CN(CC(=O)O)CC(=O)O)NC(=O)[C@H](Cc1ccc(O)cc1)NC(=O)[C@H](CCC(N)=O)NC(=O)[C@H](CO)NC(=O)CNC(=O)COCCOCCNC(=O)CCCCCCCCCCCCCCCc1nnn[nH]1)C(=O)N[C@H]1CCC(=O)CCCCC[C@@H](C(N)=O)NC(=O)[C@H](Cc2c[nH]c3ccccc23)NC(=O)[C@H](CCCNC(=N)N)NC(=O)[C@@H](Cc2ccccc2)NC(=O)[C@@H]2C[C@@H](O)CN2C1=O. The number of benzene rings is 3. The summed E-state index contributed by atoms with van der Waals surface area (Å²) in [6, 6.07) is 1.68. The zero-order valence-corrected chi connectivity index (χ0v) is 83.2. The maximum atomic E-state index is 15.6. The molecule has 2 aliphatic rings. The Morgan fingerprint density at radius 3 is 1.82 bits per heavy atom. The number of carboxylic acids is 2. The van der Waals surface area contributed by atoms with Crippen LogP contribution in [0.5, 0.6) is 5.75 Å². The van der Waals surface area contributed by atoms with E-state index in [2.05, 4.69) is 94.7 Å². The van der Waals surface area contributed by atoms with Crippen LogP contribution in [0.25, 0.3) is 10.9 Å². The number of carbonyl (C=O) groups excluding carboxylic acids is 16. The number of aliphatic carboxylic acids is 2. The molecule has 0 unspecified atom stereocenters. The van der Waals surface area contributed by atoms with Crippen LogP contribution < -0.4 is 86.3 Å². The average Bonchev–Trinajstić information content (AvgIpc) is 1.68. The number of aliphatic hydroxyl groups excluding tert-OH is 2. The molecular weight excluding hydrogens is 1910 g/mol. The molecule has 12 atom stereocenters. The second-order valence-corrected chi connectivity index (χ2v) is 36.8. The number of hydrogen-bond donors (Lipinski definition) is 24. The number of aromatic amines is 2. The molecule has 7 rings (SSSR count). The first kappa shape index (κ1) is 120. The van der Waals surface area contributed by atoms with Gasteiger partial charge < -0.3 is 131 Å². The zero-order valence-electron chi connectivity index (χ0n) is 83.2. The molecule has 4 heterocycles. The molecule has 49 heteroatoms. The van der Waals surface area contributed by atoms with Crippen LogP contribution >= 0.6 is 0 Å². The highest BCUT2D eigenvalue weighted by molar-refractivity contribution is 6.01. The van der Waals surface area contributed by atoms with Crippen LogP contribution in [0.2, 0.25) is 0 Å². The van der Waals surface area contributed by atoms with Gasteiger partial charge in [0.2, 0.25) is 88.6 Å². The van der Waals surface area contributed by atoms with Crippen LogP contribution in [0.15, 0.2) is 85.1 Å². The molecule has 2 aromatic heterocycles. The number of aliphatic hydroxyl groups is 2. The molecule has 808 valence electrons. The molecule has 0 spiro atoms. The van der Waals surface area contributed by atoms with Gasteiger partial charge in [-0.15, -0.1) is 5.10 Å². The Balaban J connectivity index is 1.03. The predicted molar refractivity (Wildman–Crippen MR) is 532 cm³/mol. The number of rotatable bonds is 61. The summed E-state index contributed by atoms with van der Waals surface area (Å²) in [4.78, 5) is 257. The number of nitrogens with two attached hydrogens (primary N) is 3. The number of aromatic hydroxyl groups is 1. The first-order valence-corrected chi connectivity index (χ1v) is 50.3. The number of amides is 15. The third-order valence-electron chi connectivity index (χ3n) is 24.8. The van der Waals surface area contributed by atoms with E-state index < -0.39 is 263 Å². The lowest BCUT2D eigenvalue weighted by atomic mass is 10.00. The molecule has 2 aliphatic heterocycles. The van der Waals surface area contributed by atoms with Gasteiger partial charge in [0.15, 0.2) is 5.96 Å². The number of carbonyl (C=O) groups is 18. The van der Waals surface area contributed by atoms with Gasteiger partial charge in [-0.3, -0.25) is 96.6 Å². The summed E-state index contributed by atoms with van der Waals surface area (Å²) in [6.07, 6.45) is 13.0. The van der Waals surface area contributed by atoms with Gasteiger partial charge in [0.1, 0.15) is 90.4 Å². The molecular formula is C98H146N24O25. The number of phenolic OH excluding ortho intramolecular Hbond substituents is 1. The number of tetrazole rings is 1. The highest BCUT2D eigenvalue weighted by Gasteiger charge is 2.45. The minimum Gasteiger partial charge on any atom is -0.508 e. The highest BCUT2D eigenvalue weighted by atomic mass is 16.5. The van der Waals surface area contributed by atoms with E-state index in [1.807, 2.05) is 0 Å². The zero-order chi connectivity index (χ0) is 107. The average molecular weight is 2060 g/mol. The van der Waals surface area contributed by atoms with Crippen molar-refractivity contribution in [3.05, 3.63) is 108 Å². The minimum absolute atomic E-state index is 0.0207. The summed E-state index contributed by atoms with van der Waals surface area (Å²) in [5, 5.41) is 108. The molecule has 0 bridgehead atoms. The second kappa shape index (κ2) is 66.0. The standard InChI is InChI=1S/C98H146N24O25/c1-2-3-30-70(88(136)112-73-41-40-64(124)28-19-16-20-32-69(87(100)135)108-93(141)76(51-63-53-105-68-31-24-23-29-67(63)68)114-89(137)71(33-25-44-104-98(101)102)109-91(139)75(49-61-26-17-15-18-27-61)115-96(144)79-52-66(126)55-122(79)97(73)145)110-94(142)77(56-121(57-85(131)132)58-86(133)134)116-92(140)74(50-62-36-38-65(125)39-37-62)113-90(138)72(42-43-80(99)127)111-95(143)78(59-123)107-83(129)54-106-84(130)60-147-48-47-146-46-45-103-82(128)35-22-14-12-10-8-6-4-5-7-9-11-13-21-34-81-117-119-120-118-81/h15,17-18,23-24,26-27,29,31,36-39,53,66,69-79,105,123,125-126H,2-14,16,19-22,25,28,30,32-35,40-52,54-60H2,1H3,(H2,99,127)(H2,100,135)(H,103,128)(H,106,130)(H,107,129)(H,108,141)(H,109,139)(H,110,142)(H,111,143)(H,112,136)(H,113,138)(H,114,137)(H,115,144)(H,116,140)(H,131,132)(H,133,134)(H4,101,102,104)(H,117,118,119,120)/t66-,69+,70+,71+,72+,73+,74+,75-,76+,77+,78+,79+/m1/s1. The number of aryl methyl sites for hydroxylation is 1. The normalized spacial score (nSPS) is 18.3. The maximum absolute atomic E-state index is 15.6. The van der Waals surface area contributed by atoms with E-state index in [1.165, 1.54) is 75.6 Å². The monoisotopic (exact) mass is 2060 g/mol. The number of nitrogens with one attached hydrogen (secondary N) is 16. The third kappa shape index (κ3) is 46.0. The van der Waals surface area contributed by atoms with Gasteiger partial charge in [0.25, 0.3) is 0 Å². The van der Waals surface area contributed by atoms with Crippen molar-refractivity contribution in [3.63, 3.8) is 0 Å². The summed E-state index contributed by atoms with van der Waals surface area (Å²) in [5.74, 6) is -18.4. The molecule has 5 aromatic rings. The summed E-state index contributed by atoms with van der Waals surface area (Å²) in [6.45, 7) is -4.04. The summed E-state index contributed by atoms with van der Waals surface area (Å²) in [7, 11) is 0. The first-order valence-electron chi connectivity index (χ1n) is 50.3. The number of guanidine groups is 1. The molecule has 0 saturated carbocycles. The van der Waals surface area contributed by atoms with E-state index >= 15 is 28.8 Å². The number of carboxylic acid groups (broad SMARTS) is 2. The Kier molecular flexibility index (Phi) is 53.8. The number of hydrogen-bond acceptors (Lipinski definition) is 28. The number of fused-ring (bicyclic) bond motifs is 2. The molecule has 147 heavy (non-hydrogen) atoms. The van der Waals surface area contributed by atoms with Crippen LogP contribution in [-0.4, -0.2) is 325 Å². The van der Waals surface area contributed by atoms with Gasteiger partial charge in [-0.25, -0.2) is 5.10 Å². The van der Waals surface area contributed by atoms with E-state index in [9.17, 15) is 83.1 Å². The Morgan fingerprint density at radius 2 is 1.16 bits per heavy atom. The molecule has 15 amide bonds. The second-order valence-electron chi connectivity index (χ2n) is 36.8. The number of nitrogens with zero attached hydrogens (tertiary/aromatic N) is 5. The van der Waals surface area contributed by atoms with Crippen LogP contribution in [0.3, 0.4) is 0 Å². The van der Waals surface area contributed by atoms with Crippen LogP contribution in [0, 0.1) is 5.41 Å². The lowest BCUT2D eigenvalue weighted by Gasteiger charge is -2.31. The first-order chi connectivity index (χ1) is 70.6. The Hall–Kier alpha value is -14.2. The summed E-state index contributed by atoms with van der Waals surface area (Å²) < 4.78 is 10.9. The fraction of sp³-hybridized carbons (Fsp3) is 0.592. The molecule has 49 nitrogen and oxygen atoms in total. The Labute approximate surface area is 851 Å². The van der Waals surface area contributed by atoms with Crippen LogP contribution in [0.1, 0.15) is 216 Å². The van der Waals surface area contributed by atoms with Crippen molar-refractivity contribution in [3.8, 4) is 5.75 Å². The lowest BCUT2D eigenvalue weighted by Crippen LogP contribution is -2.62. The smallest absolute Gasteiger partial charge is 0.317 e. The molecule has 0 aliphatic carbocycles. The van der Waals surface area contributed by atoms with E-state index in [-0.39, 0.29) is 121 Å². The minimum atomic E-state index is -2.12. The van der Waals surface area contributed by atoms with Crippen molar-refractivity contribution < 1.29 is 121 Å². The van der Waals surface area contributed by atoms with Crippen molar-refractivity contribution >= 4 is 123 Å². The van der Waals surface area contributed by atoms with Gasteiger partial charge in [-0.1, -0.05) is 164 Å². The number of aromatic nitrogens is 5. The molecule has 2 fully saturated rings. The number of ether oxygens (including phenoxy) is 2. The number of unbranched alkanes of at least 4 members (excludes halogenated alkanes) is 13. The molecule has 2 saturated heterocycles. The van der Waals surface area contributed by atoms with Gasteiger partial charge in [0.05, 0.1) is 52.2 Å². The van der Waals surface area contributed by atoms with Crippen molar-refractivity contribution in [1.82, 2.24) is 105 Å². The predicted octanol–water partition coefficient (Wildman–Crippen LogP) is -1.82. The number of H-pyrrole nitrogens is 2. The van der Waals surface area contributed by atoms with Gasteiger partial charge in [-0.05, 0) is 103 Å². The quantitative estimate of drug-likeness (QED) is 0.0116. The molecule has 0 radical (unpaired) electrons. The van der Waals surface area contributed by atoms with Crippen molar-refractivity contribution in [1.29, 1.82) is 5.41 Å². The maximum Gasteiger partial charge on any atom is 0.317 e. The third-order valence-corrected chi connectivity index (χ3v) is 24.8. The Morgan fingerprint density at radius 1 is 0.565 bits per heavy atom. The van der Waals surface area contributed by atoms with Crippen LogP contribution in [0.4, 0.5) is 0 Å². The largest absolute Gasteiger partial charge is 0.508 e. The lowest BCUT2D eigenvalue weighted by molar-refractivity contribution is -0.144. The van der Waals surface area contributed by atoms with E-state index in [4.69, 9.17) is 32.1 Å². The fourth-order valence-electron chi connectivity index (χ4n) is 16.9. The van der Waals surface area contributed by atoms with Gasteiger partial charge in [0, 0.05) is 101 Å². The number of phenols is 1. The molecule has 27 N–H and O–H groups in total. The van der Waals surface area contributed by atoms with Crippen molar-refractivity contribution in [2.75, 3.05) is 78.8 Å².